The molecule has 1 saturated heterocycles. The molecule has 0 spiro atoms. The molecule has 0 radical (unpaired) electrons. The number of hydrogen-bond acceptors (Lipinski definition) is 2. The highest BCUT2D eigenvalue weighted by Gasteiger charge is 2.34. The Morgan fingerprint density at radius 1 is 1.13 bits per heavy atom. The van der Waals surface area contributed by atoms with Crippen LogP contribution in [0, 0.1) is 12.8 Å². The van der Waals surface area contributed by atoms with Crippen LogP contribution in [0.25, 0.3) is 0 Å². The van der Waals surface area contributed by atoms with Crippen molar-refractivity contribution >= 4 is 17.5 Å². The van der Waals surface area contributed by atoms with Gasteiger partial charge in [0.2, 0.25) is 11.8 Å². The topological polar surface area (TPSA) is 49.4 Å². The van der Waals surface area contributed by atoms with E-state index in [1.807, 2.05) is 61.5 Å². The zero-order valence-electron chi connectivity index (χ0n) is 13.2. The normalized spacial score (nSPS) is 17.3. The summed E-state index contributed by atoms with van der Waals surface area (Å²) >= 11 is 0. The van der Waals surface area contributed by atoms with Crippen molar-refractivity contribution in [3.63, 3.8) is 0 Å². The molecular formula is C19H20N2O2. The van der Waals surface area contributed by atoms with Crippen LogP contribution in [-0.2, 0) is 16.1 Å². The number of aryl methyl sites for hydroxylation is 1. The van der Waals surface area contributed by atoms with Crippen LogP contribution in [0.2, 0.25) is 0 Å². The predicted molar refractivity (Wildman–Crippen MR) is 89.8 cm³/mol. The quantitative estimate of drug-likeness (QED) is 0.944. The van der Waals surface area contributed by atoms with Crippen LogP contribution in [0.4, 0.5) is 5.69 Å². The number of benzene rings is 2. The van der Waals surface area contributed by atoms with Gasteiger partial charge in [-0.15, -0.1) is 0 Å². The summed E-state index contributed by atoms with van der Waals surface area (Å²) in [5.74, 6) is -0.330. The first-order valence-electron chi connectivity index (χ1n) is 7.81. The van der Waals surface area contributed by atoms with Crippen molar-refractivity contribution in [3.05, 3.63) is 65.7 Å². The van der Waals surface area contributed by atoms with E-state index in [4.69, 9.17) is 0 Å². The number of carbonyl (C=O) groups is 2. The number of amides is 2. The maximum Gasteiger partial charge on any atom is 0.229 e. The van der Waals surface area contributed by atoms with Crippen LogP contribution < -0.4 is 5.32 Å². The number of anilines is 1. The second-order valence-corrected chi connectivity index (χ2v) is 6.02. The number of nitrogens with zero attached hydrogens (tertiary/aromatic N) is 1. The molecular weight excluding hydrogens is 288 g/mol. The number of nitrogens with one attached hydrogen (secondary N) is 1. The average molecular weight is 308 g/mol. The summed E-state index contributed by atoms with van der Waals surface area (Å²) in [7, 11) is 0. The highest BCUT2D eigenvalue weighted by molar-refractivity contribution is 5.97. The van der Waals surface area contributed by atoms with Crippen molar-refractivity contribution in [2.24, 2.45) is 5.92 Å². The van der Waals surface area contributed by atoms with Gasteiger partial charge in [0, 0.05) is 25.2 Å². The fourth-order valence-electron chi connectivity index (χ4n) is 2.79. The van der Waals surface area contributed by atoms with E-state index in [9.17, 15) is 9.59 Å². The lowest BCUT2D eigenvalue weighted by atomic mass is 10.1. The molecule has 118 valence electrons. The molecule has 23 heavy (non-hydrogen) atoms. The Morgan fingerprint density at radius 3 is 2.52 bits per heavy atom. The van der Waals surface area contributed by atoms with Gasteiger partial charge in [0.1, 0.15) is 0 Å². The first kappa shape index (κ1) is 15.3. The third kappa shape index (κ3) is 3.77. The molecule has 2 aromatic carbocycles. The third-order valence-corrected chi connectivity index (χ3v) is 4.12. The lowest BCUT2D eigenvalue weighted by molar-refractivity contribution is -0.128. The van der Waals surface area contributed by atoms with E-state index in [1.54, 1.807) is 4.90 Å². The molecule has 2 amide bonds. The van der Waals surface area contributed by atoms with Gasteiger partial charge >= 0.3 is 0 Å². The molecule has 2 aromatic rings. The Labute approximate surface area is 136 Å². The van der Waals surface area contributed by atoms with Crippen LogP contribution in [-0.4, -0.2) is 23.3 Å². The van der Waals surface area contributed by atoms with E-state index in [0.717, 1.165) is 16.8 Å². The lowest BCUT2D eigenvalue weighted by Crippen LogP contribution is -2.28. The van der Waals surface area contributed by atoms with Gasteiger partial charge in [0.15, 0.2) is 0 Å². The Morgan fingerprint density at radius 2 is 1.83 bits per heavy atom. The summed E-state index contributed by atoms with van der Waals surface area (Å²) in [6, 6.07) is 17.5. The third-order valence-electron chi connectivity index (χ3n) is 4.12. The van der Waals surface area contributed by atoms with Crippen LogP contribution in [0.5, 0.6) is 0 Å². The molecule has 1 aliphatic heterocycles. The van der Waals surface area contributed by atoms with Gasteiger partial charge in [-0.05, 0) is 24.6 Å². The zero-order valence-corrected chi connectivity index (χ0v) is 13.2. The van der Waals surface area contributed by atoms with E-state index in [1.165, 1.54) is 0 Å². The van der Waals surface area contributed by atoms with Crippen LogP contribution in [0.3, 0.4) is 0 Å². The summed E-state index contributed by atoms with van der Waals surface area (Å²) < 4.78 is 0. The van der Waals surface area contributed by atoms with E-state index in [2.05, 4.69) is 5.32 Å². The van der Waals surface area contributed by atoms with Gasteiger partial charge in [-0.3, -0.25) is 9.59 Å². The largest absolute Gasteiger partial charge is 0.338 e. The summed E-state index contributed by atoms with van der Waals surface area (Å²) in [5, 5.41) is 2.90. The highest BCUT2D eigenvalue weighted by Crippen LogP contribution is 2.22. The number of carbonyl (C=O) groups excluding carboxylic acids is 2. The minimum Gasteiger partial charge on any atom is -0.338 e. The molecule has 0 saturated carbocycles. The Balaban J connectivity index is 1.60. The summed E-state index contributed by atoms with van der Waals surface area (Å²) in [6.07, 6.45) is 0.282. The van der Waals surface area contributed by atoms with Gasteiger partial charge in [-0.2, -0.15) is 0 Å². The maximum atomic E-state index is 12.4. The van der Waals surface area contributed by atoms with Crippen LogP contribution in [0.1, 0.15) is 17.5 Å². The molecule has 0 bridgehead atoms. The molecule has 0 unspecified atom stereocenters. The van der Waals surface area contributed by atoms with Crippen molar-refractivity contribution in [1.82, 2.24) is 4.90 Å². The van der Waals surface area contributed by atoms with Crippen molar-refractivity contribution in [3.8, 4) is 0 Å². The predicted octanol–water partition coefficient (Wildman–Crippen LogP) is 2.98. The zero-order chi connectivity index (χ0) is 16.2. The Kier molecular flexibility index (Phi) is 4.42. The fraction of sp³-hybridized carbons (Fsp3) is 0.263. The SMILES string of the molecule is Cc1ccc(NC(=O)[C@H]2CC(=O)N(Cc3ccccc3)C2)cc1. The van der Waals surface area contributed by atoms with Crippen molar-refractivity contribution < 1.29 is 9.59 Å². The first-order valence-corrected chi connectivity index (χ1v) is 7.81. The van der Waals surface area contributed by atoms with Gasteiger partial charge in [-0.1, -0.05) is 48.0 Å². The molecule has 1 fully saturated rings. The number of hydrogen-bond donors (Lipinski definition) is 1. The molecule has 1 heterocycles. The standard InChI is InChI=1S/C19H20N2O2/c1-14-7-9-17(10-8-14)20-19(23)16-11-18(22)21(13-16)12-15-5-3-2-4-6-15/h2-10,16H,11-13H2,1H3,(H,20,23)/t16-/m0/s1. The van der Waals surface area contributed by atoms with Gasteiger partial charge < -0.3 is 10.2 Å². The Hall–Kier alpha value is -2.62. The van der Waals surface area contributed by atoms with Crippen molar-refractivity contribution in [2.45, 2.75) is 19.9 Å². The number of likely N-dealkylation sites (tertiary alicyclic amines) is 1. The number of rotatable bonds is 4. The van der Waals surface area contributed by atoms with Gasteiger partial charge in [-0.25, -0.2) is 0 Å². The van der Waals surface area contributed by atoms with Crippen molar-refractivity contribution in [1.29, 1.82) is 0 Å². The second-order valence-electron chi connectivity index (χ2n) is 6.02. The summed E-state index contributed by atoms with van der Waals surface area (Å²) in [4.78, 5) is 26.2. The maximum absolute atomic E-state index is 12.4. The van der Waals surface area contributed by atoms with E-state index < -0.39 is 0 Å². The molecule has 1 aliphatic rings. The molecule has 1 atom stereocenters. The van der Waals surface area contributed by atoms with Gasteiger partial charge in [0.05, 0.1) is 5.92 Å². The van der Waals surface area contributed by atoms with Crippen LogP contribution >= 0.6 is 0 Å². The monoisotopic (exact) mass is 308 g/mol. The summed E-state index contributed by atoms with van der Waals surface area (Å²) in [6.45, 7) is 3.04. The minimum absolute atomic E-state index is 0.0397. The molecule has 3 rings (SSSR count). The summed E-state index contributed by atoms with van der Waals surface area (Å²) in [5.41, 5.74) is 3.00. The average Bonchev–Trinajstić information content (AvgIpc) is 2.92. The lowest BCUT2D eigenvalue weighted by Gasteiger charge is -2.16. The molecule has 4 heteroatoms. The molecule has 4 nitrogen and oxygen atoms in total. The van der Waals surface area contributed by atoms with E-state index in [0.29, 0.717) is 13.1 Å². The van der Waals surface area contributed by atoms with E-state index in [-0.39, 0.29) is 24.2 Å². The van der Waals surface area contributed by atoms with Gasteiger partial charge in [0.25, 0.3) is 0 Å². The molecule has 1 N–H and O–H groups in total. The van der Waals surface area contributed by atoms with E-state index >= 15 is 0 Å². The second kappa shape index (κ2) is 6.65. The minimum atomic E-state index is -0.285. The van der Waals surface area contributed by atoms with Crippen LogP contribution in [0.15, 0.2) is 54.6 Å². The molecule has 0 aliphatic carbocycles. The van der Waals surface area contributed by atoms with Crippen molar-refractivity contribution in [2.75, 3.05) is 11.9 Å². The smallest absolute Gasteiger partial charge is 0.229 e. The Bertz CT molecular complexity index is 695. The first-order chi connectivity index (χ1) is 11.1. The highest BCUT2D eigenvalue weighted by atomic mass is 16.2. The molecule has 0 aromatic heterocycles. The fourth-order valence-corrected chi connectivity index (χ4v) is 2.79.